The van der Waals surface area contributed by atoms with Crippen LogP contribution in [0.25, 0.3) is 0 Å². The Morgan fingerprint density at radius 3 is 2.67 bits per heavy atom. The lowest BCUT2D eigenvalue weighted by Crippen LogP contribution is -2.44. The smallest absolute Gasteiger partial charge is 0.109 e. The van der Waals surface area contributed by atoms with Gasteiger partial charge < -0.3 is 5.73 Å². The van der Waals surface area contributed by atoms with E-state index in [0.717, 1.165) is 19.5 Å². The molecular formula is C12H17FN2. The third-order valence-electron chi connectivity index (χ3n) is 2.98. The molecule has 0 amide bonds. The first-order chi connectivity index (χ1) is 7.22. The maximum absolute atomic E-state index is 12.6. The first-order valence-electron chi connectivity index (χ1n) is 5.33. The molecule has 2 N–H and O–H groups in total. The van der Waals surface area contributed by atoms with Crippen molar-refractivity contribution in [3.05, 3.63) is 35.9 Å². The Morgan fingerprint density at radius 1 is 1.33 bits per heavy atom. The summed E-state index contributed by atoms with van der Waals surface area (Å²) in [4.78, 5) is 2.22. The summed E-state index contributed by atoms with van der Waals surface area (Å²) < 4.78 is 12.6. The second-order valence-corrected chi connectivity index (χ2v) is 4.44. The van der Waals surface area contributed by atoms with Crippen molar-refractivity contribution in [3.63, 3.8) is 0 Å². The molecule has 0 saturated carbocycles. The summed E-state index contributed by atoms with van der Waals surface area (Å²) in [6, 6.07) is 10.2. The van der Waals surface area contributed by atoms with Crippen LogP contribution in [0.2, 0.25) is 0 Å². The van der Waals surface area contributed by atoms with E-state index in [1.807, 2.05) is 18.2 Å². The number of hydrogen-bond acceptors (Lipinski definition) is 2. The first kappa shape index (κ1) is 10.6. The molecule has 82 valence electrons. The number of nitrogens with two attached hydrogens (primary N) is 1. The van der Waals surface area contributed by atoms with Crippen LogP contribution < -0.4 is 5.73 Å². The summed E-state index contributed by atoms with van der Waals surface area (Å²) in [7, 11) is 0. The fourth-order valence-electron chi connectivity index (χ4n) is 2.07. The predicted octanol–water partition coefficient (Wildman–Crippen LogP) is 1.56. The number of nitrogens with zero attached hydrogens (tertiary/aromatic N) is 1. The van der Waals surface area contributed by atoms with Gasteiger partial charge in [-0.1, -0.05) is 30.3 Å². The quantitative estimate of drug-likeness (QED) is 0.816. The lowest BCUT2D eigenvalue weighted by atomic mass is 10.0. The van der Waals surface area contributed by atoms with Crippen LogP contribution in [0.15, 0.2) is 30.3 Å². The zero-order chi connectivity index (χ0) is 10.7. The van der Waals surface area contributed by atoms with Gasteiger partial charge in [0.1, 0.15) is 6.67 Å². The van der Waals surface area contributed by atoms with Gasteiger partial charge >= 0.3 is 0 Å². The van der Waals surface area contributed by atoms with Crippen LogP contribution >= 0.6 is 0 Å². The van der Waals surface area contributed by atoms with Crippen molar-refractivity contribution in [1.82, 2.24) is 4.90 Å². The summed E-state index contributed by atoms with van der Waals surface area (Å²) in [6.07, 6.45) is 0.760. The first-order valence-corrected chi connectivity index (χ1v) is 5.33. The van der Waals surface area contributed by atoms with Crippen LogP contribution in [0.5, 0.6) is 0 Å². The van der Waals surface area contributed by atoms with E-state index in [4.69, 9.17) is 5.73 Å². The van der Waals surface area contributed by atoms with Crippen molar-refractivity contribution < 1.29 is 4.39 Å². The molecule has 0 spiro atoms. The summed E-state index contributed by atoms with van der Waals surface area (Å²) >= 11 is 0. The molecule has 2 rings (SSSR count). The van der Waals surface area contributed by atoms with E-state index in [-0.39, 0.29) is 0 Å². The van der Waals surface area contributed by atoms with Gasteiger partial charge in [-0.3, -0.25) is 4.90 Å². The van der Waals surface area contributed by atoms with Crippen molar-refractivity contribution >= 4 is 0 Å². The van der Waals surface area contributed by atoms with Gasteiger partial charge in [0.2, 0.25) is 0 Å². The van der Waals surface area contributed by atoms with Crippen molar-refractivity contribution in [1.29, 1.82) is 0 Å². The van der Waals surface area contributed by atoms with Gasteiger partial charge in [0.15, 0.2) is 0 Å². The second-order valence-electron chi connectivity index (χ2n) is 4.44. The van der Waals surface area contributed by atoms with E-state index in [1.165, 1.54) is 5.56 Å². The predicted molar refractivity (Wildman–Crippen MR) is 59.2 cm³/mol. The highest BCUT2D eigenvalue weighted by Crippen LogP contribution is 2.20. The molecule has 1 atom stereocenters. The van der Waals surface area contributed by atoms with E-state index in [1.54, 1.807) is 0 Å². The van der Waals surface area contributed by atoms with Gasteiger partial charge in [-0.25, -0.2) is 4.39 Å². The largest absolute Gasteiger partial charge is 0.322 e. The molecule has 1 fully saturated rings. The highest BCUT2D eigenvalue weighted by molar-refractivity contribution is 5.15. The number of hydrogen-bond donors (Lipinski definition) is 1. The number of benzene rings is 1. The van der Waals surface area contributed by atoms with Gasteiger partial charge in [-0.05, 0) is 12.0 Å². The molecule has 0 aliphatic carbocycles. The number of likely N-dealkylation sites (tertiary alicyclic amines) is 1. The van der Waals surface area contributed by atoms with Gasteiger partial charge in [0.05, 0.1) is 5.54 Å². The Balaban J connectivity index is 1.93. The molecule has 1 aliphatic rings. The molecule has 0 aromatic heterocycles. The minimum Gasteiger partial charge on any atom is -0.322 e. The standard InChI is InChI=1S/C12H17FN2/c13-9-12(14)6-7-15(10-12)8-11-4-2-1-3-5-11/h1-5H,6-10,14H2. The Labute approximate surface area is 89.9 Å². The van der Waals surface area contributed by atoms with E-state index in [9.17, 15) is 4.39 Å². The number of alkyl halides is 1. The Bertz CT molecular complexity index is 315. The van der Waals surface area contributed by atoms with Crippen molar-refractivity contribution in [3.8, 4) is 0 Å². The number of rotatable bonds is 3. The molecule has 2 nitrogen and oxygen atoms in total. The molecule has 1 aliphatic heterocycles. The molecular weight excluding hydrogens is 191 g/mol. The van der Waals surface area contributed by atoms with Gasteiger partial charge in [-0.15, -0.1) is 0 Å². The SMILES string of the molecule is NC1(CF)CCN(Cc2ccccc2)C1. The maximum Gasteiger partial charge on any atom is 0.109 e. The monoisotopic (exact) mass is 208 g/mol. The molecule has 1 unspecified atom stereocenters. The highest BCUT2D eigenvalue weighted by Gasteiger charge is 2.34. The fourth-order valence-corrected chi connectivity index (χ4v) is 2.07. The third kappa shape index (κ3) is 2.55. The van der Waals surface area contributed by atoms with E-state index >= 15 is 0 Å². The van der Waals surface area contributed by atoms with Crippen molar-refractivity contribution in [2.24, 2.45) is 5.73 Å². The Kier molecular flexibility index (Phi) is 3.03. The molecule has 1 heterocycles. The minimum absolute atomic E-state index is 0.418. The topological polar surface area (TPSA) is 29.3 Å². The fraction of sp³-hybridized carbons (Fsp3) is 0.500. The Hall–Kier alpha value is -0.930. The number of halogens is 1. The molecule has 1 aromatic carbocycles. The van der Waals surface area contributed by atoms with Crippen LogP contribution in [0.4, 0.5) is 4.39 Å². The summed E-state index contributed by atoms with van der Waals surface area (Å²) in [5.74, 6) is 0. The summed E-state index contributed by atoms with van der Waals surface area (Å²) in [5.41, 5.74) is 6.55. The van der Waals surface area contributed by atoms with Crippen LogP contribution in [0.3, 0.4) is 0 Å². The van der Waals surface area contributed by atoms with Crippen molar-refractivity contribution in [2.75, 3.05) is 19.8 Å². The van der Waals surface area contributed by atoms with Crippen LogP contribution in [0, 0.1) is 0 Å². The zero-order valence-electron chi connectivity index (χ0n) is 8.82. The molecule has 3 heteroatoms. The summed E-state index contributed by atoms with van der Waals surface area (Å²) in [6.45, 7) is 2.02. The van der Waals surface area contributed by atoms with Crippen LogP contribution in [0.1, 0.15) is 12.0 Å². The van der Waals surface area contributed by atoms with Crippen molar-refractivity contribution in [2.45, 2.75) is 18.5 Å². The molecule has 1 saturated heterocycles. The molecule has 15 heavy (non-hydrogen) atoms. The minimum atomic E-state index is -0.602. The average Bonchev–Trinajstić information content (AvgIpc) is 2.63. The molecule has 1 aromatic rings. The average molecular weight is 208 g/mol. The third-order valence-corrected chi connectivity index (χ3v) is 2.98. The molecule has 0 bridgehead atoms. The lowest BCUT2D eigenvalue weighted by molar-refractivity contribution is 0.269. The maximum atomic E-state index is 12.6. The van der Waals surface area contributed by atoms with Gasteiger partial charge in [0, 0.05) is 19.6 Å². The van der Waals surface area contributed by atoms with E-state index in [0.29, 0.717) is 6.54 Å². The van der Waals surface area contributed by atoms with E-state index in [2.05, 4.69) is 17.0 Å². The van der Waals surface area contributed by atoms with Crippen LogP contribution in [-0.4, -0.2) is 30.2 Å². The second kappa shape index (κ2) is 4.29. The Morgan fingerprint density at radius 2 is 2.07 bits per heavy atom. The molecule has 0 radical (unpaired) electrons. The van der Waals surface area contributed by atoms with Gasteiger partial charge in [-0.2, -0.15) is 0 Å². The van der Waals surface area contributed by atoms with Gasteiger partial charge in [0.25, 0.3) is 0 Å². The zero-order valence-corrected chi connectivity index (χ0v) is 8.82. The van der Waals surface area contributed by atoms with E-state index < -0.39 is 12.2 Å². The lowest BCUT2D eigenvalue weighted by Gasteiger charge is -2.21. The highest BCUT2D eigenvalue weighted by atomic mass is 19.1. The summed E-state index contributed by atoms with van der Waals surface area (Å²) in [5, 5.41) is 0. The normalized spacial score (nSPS) is 27.1. The van der Waals surface area contributed by atoms with Crippen LogP contribution in [-0.2, 0) is 6.54 Å².